The Hall–Kier alpha value is -1.45. The van der Waals surface area contributed by atoms with Crippen molar-refractivity contribution in [1.82, 2.24) is 9.97 Å². The molecule has 0 fully saturated rings. The van der Waals surface area contributed by atoms with E-state index in [1.54, 1.807) is 18.6 Å². The lowest BCUT2D eigenvalue weighted by molar-refractivity contribution is 0.605. The zero-order chi connectivity index (χ0) is 12.8. The van der Waals surface area contributed by atoms with Crippen molar-refractivity contribution < 1.29 is 0 Å². The molecule has 0 saturated heterocycles. The van der Waals surface area contributed by atoms with E-state index in [1.807, 2.05) is 24.3 Å². The first-order chi connectivity index (χ1) is 8.75. The molecule has 94 valence electrons. The quantitative estimate of drug-likeness (QED) is 0.900. The van der Waals surface area contributed by atoms with Gasteiger partial charge in [0.05, 0.1) is 5.02 Å². The highest BCUT2D eigenvalue weighted by Gasteiger charge is 2.07. The van der Waals surface area contributed by atoms with Crippen molar-refractivity contribution in [3.8, 4) is 0 Å². The minimum Gasteiger partial charge on any atom is -0.327 e. The minimum absolute atomic E-state index is 0.0897. The van der Waals surface area contributed by atoms with E-state index in [2.05, 4.69) is 9.97 Å². The van der Waals surface area contributed by atoms with Gasteiger partial charge in [0.2, 0.25) is 0 Å². The largest absolute Gasteiger partial charge is 0.327 e. The molecule has 0 radical (unpaired) electrons. The second-order valence-electron chi connectivity index (χ2n) is 4.29. The fourth-order valence-electron chi connectivity index (χ4n) is 1.83. The Bertz CT molecular complexity index is 487. The highest BCUT2D eigenvalue weighted by molar-refractivity contribution is 6.31. The van der Waals surface area contributed by atoms with Gasteiger partial charge < -0.3 is 5.73 Å². The van der Waals surface area contributed by atoms with E-state index in [-0.39, 0.29) is 6.04 Å². The zero-order valence-corrected chi connectivity index (χ0v) is 10.8. The van der Waals surface area contributed by atoms with Crippen LogP contribution < -0.4 is 5.73 Å². The SMILES string of the molecule is NC(CCc1ccccn1)Cc1ccncc1Cl. The molecule has 3 nitrogen and oxygen atoms in total. The van der Waals surface area contributed by atoms with Crippen LogP contribution in [0.2, 0.25) is 5.02 Å². The number of rotatable bonds is 5. The summed E-state index contributed by atoms with van der Waals surface area (Å²) >= 11 is 6.06. The fourth-order valence-corrected chi connectivity index (χ4v) is 2.03. The van der Waals surface area contributed by atoms with E-state index in [1.165, 1.54) is 0 Å². The van der Waals surface area contributed by atoms with Crippen LogP contribution in [0.1, 0.15) is 17.7 Å². The summed E-state index contributed by atoms with van der Waals surface area (Å²) in [5, 5.41) is 0.686. The van der Waals surface area contributed by atoms with Crippen LogP contribution in [0.15, 0.2) is 42.9 Å². The van der Waals surface area contributed by atoms with Gasteiger partial charge in [0.25, 0.3) is 0 Å². The van der Waals surface area contributed by atoms with Gasteiger partial charge in [0.15, 0.2) is 0 Å². The molecule has 0 aromatic carbocycles. The Morgan fingerprint density at radius 1 is 1.22 bits per heavy atom. The smallest absolute Gasteiger partial charge is 0.0621 e. The standard InChI is InChI=1S/C14H16ClN3/c15-14-10-17-8-6-11(14)9-12(16)4-5-13-3-1-2-7-18-13/h1-3,6-8,10,12H,4-5,9,16H2. The summed E-state index contributed by atoms with van der Waals surface area (Å²) < 4.78 is 0. The number of nitrogens with zero attached hydrogens (tertiary/aromatic N) is 2. The Balaban J connectivity index is 1.86. The van der Waals surface area contributed by atoms with Crippen LogP contribution in [0.25, 0.3) is 0 Å². The van der Waals surface area contributed by atoms with E-state index in [9.17, 15) is 0 Å². The molecule has 0 amide bonds. The van der Waals surface area contributed by atoms with Gasteiger partial charge in [-0.1, -0.05) is 17.7 Å². The molecule has 2 heterocycles. The monoisotopic (exact) mass is 261 g/mol. The van der Waals surface area contributed by atoms with E-state index in [4.69, 9.17) is 17.3 Å². The Labute approximate surface area is 112 Å². The number of pyridine rings is 2. The first-order valence-electron chi connectivity index (χ1n) is 5.99. The second-order valence-corrected chi connectivity index (χ2v) is 4.70. The molecule has 18 heavy (non-hydrogen) atoms. The third kappa shape index (κ3) is 3.79. The lowest BCUT2D eigenvalue weighted by Gasteiger charge is -2.12. The van der Waals surface area contributed by atoms with Crippen molar-refractivity contribution in [2.24, 2.45) is 5.73 Å². The number of halogens is 1. The topological polar surface area (TPSA) is 51.8 Å². The molecule has 0 saturated carbocycles. The zero-order valence-electron chi connectivity index (χ0n) is 10.1. The maximum atomic E-state index is 6.12. The molecule has 1 atom stereocenters. The minimum atomic E-state index is 0.0897. The van der Waals surface area contributed by atoms with Gasteiger partial charge in [0, 0.05) is 30.3 Å². The predicted molar refractivity (Wildman–Crippen MR) is 73.5 cm³/mol. The summed E-state index contributed by atoms with van der Waals surface area (Å²) in [6.07, 6.45) is 7.77. The van der Waals surface area contributed by atoms with Crippen LogP contribution in [-0.4, -0.2) is 16.0 Å². The summed E-state index contributed by atoms with van der Waals surface area (Å²) in [6.45, 7) is 0. The summed E-state index contributed by atoms with van der Waals surface area (Å²) in [4.78, 5) is 8.25. The Morgan fingerprint density at radius 2 is 2.11 bits per heavy atom. The lowest BCUT2D eigenvalue weighted by Crippen LogP contribution is -2.23. The Morgan fingerprint density at radius 3 is 2.83 bits per heavy atom. The number of aromatic nitrogens is 2. The van der Waals surface area contributed by atoms with Gasteiger partial charge in [0.1, 0.15) is 0 Å². The molecule has 2 aromatic heterocycles. The molecule has 0 aliphatic carbocycles. The summed E-state index contributed by atoms with van der Waals surface area (Å²) in [5.41, 5.74) is 8.25. The third-order valence-corrected chi connectivity index (χ3v) is 3.18. The average Bonchev–Trinajstić information content (AvgIpc) is 2.40. The highest BCUT2D eigenvalue weighted by atomic mass is 35.5. The van der Waals surface area contributed by atoms with Crippen molar-refractivity contribution in [3.05, 3.63) is 59.1 Å². The molecule has 0 bridgehead atoms. The number of hydrogen-bond donors (Lipinski definition) is 1. The van der Waals surface area contributed by atoms with Gasteiger partial charge in [-0.3, -0.25) is 9.97 Å². The molecule has 4 heteroatoms. The van der Waals surface area contributed by atoms with E-state index in [0.29, 0.717) is 5.02 Å². The molecule has 2 N–H and O–H groups in total. The molecule has 1 unspecified atom stereocenters. The van der Waals surface area contributed by atoms with Gasteiger partial charge in [-0.25, -0.2) is 0 Å². The van der Waals surface area contributed by atoms with Crippen LogP contribution in [0.5, 0.6) is 0 Å². The second kappa shape index (κ2) is 6.47. The maximum absolute atomic E-state index is 6.12. The van der Waals surface area contributed by atoms with Crippen LogP contribution in [0.4, 0.5) is 0 Å². The first-order valence-corrected chi connectivity index (χ1v) is 6.37. The average molecular weight is 262 g/mol. The number of aryl methyl sites for hydroxylation is 1. The normalized spacial score (nSPS) is 12.3. The van der Waals surface area contributed by atoms with Crippen LogP contribution in [0.3, 0.4) is 0 Å². The summed E-state index contributed by atoms with van der Waals surface area (Å²) in [5.74, 6) is 0. The van der Waals surface area contributed by atoms with Crippen molar-refractivity contribution >= 4 is 11.6 Å². The van der Waals surface area contributed by atoms with Gasteiger partial charge in [-0.15, -0.1) is 0 Å². The van der Waals surface area contributed by atoms with Crippen molar-refractivity contribution in [2.45, 2.75) is 25.3 Å². The van der Waals surface area contributed by atoms with E-state index >= 15 is 0 Å². The van der Waals surface area contributed by atoms with E-state index in [0.717, 1.165) is 30.5 Å². The molecule has 0 aliphatic heterocycles. The van der Waals surface area contributed by atoms with Gasteiger partial charge in [-0.05, 0) is 43.0 Å². The van der Waals surface area contributed by atoms with Gasteiger partial charge >= 0.3 is 0 Å². The molecule has 0 spiro atoms. The van der Waals surface area contributed by atoms with Gasteiger partial charge in [-0.2, -0.15) is 0 Å². The molecule has 2 rings (SSSR count). The summed E-state index contributed by atoms with van der Waals surface area (Å²) in [6, 6.07) is 7.94. The van der Waals surface area contributed by atoms with Crippen LogP contribution in [-0.2, 0) is 12.8 Å². The third-order valence-electron chi connectivity index (χ3n) is 2.84. The van der Waals surface area contributed by atoms with Crippen molar-refractivity contribution in [2.75, 3.05) is 0 Å². The lowest BCUT2D eigenvalue weighted by atomic mass is 10.0. The summed E-state index contributed by atoms with van der Waals surface area (Å²) in [7, 11) is 0. The first kappa shape index (κ1) is 13.0. The highest BCUT2D eigenvalue weighted by Crippen LogP contribution is 2.16. The maximum Gasteiger partial charge on any atom is 0.0621 e. The molecular formula is C14H16ClN3. The Kier molecular flexibility index (Phi) is 4.67. The molecule has 2 aromatic rings. The molecule has 0 aliphatic rings. The van der Waals surface area contributed by atoms with Crippen molar-refractivity contribution in [1.29, 1.82) is 0 Å². The number of nitrogens with two attached hydrogens (primary N) is 1. The molecular weight excluding hydrogens is 246 g/mol. The fraction of sp³-hybridized carbons (Fsp3) is 0.286. The predicted octanol–water partition coefficient (Wildman–Crippen LogP) is 2.63. The number of hydrogen-bond acceptors (Lipinski definition) is 3. The van der Waals surface area contributed by atoms with Crippen LogP contribution in [0, 0.1) is 0 Å². The van der Waals surface area contributed by atoms with Crippen molar-refractivity contribution in [3.63, 3.8) is 0 Å². The van der Waals surface area contributed by atoms with Crippen LogP contribution >= 0.6 is 11.6 Å². The van der Waals surface area contributed by atoms with E-state index < -0.39 is 0 Å².